The third-order valence-electron chi connectivity index (χ3n) is 7.75. The van der Waals surface area contributed by atoms with Gasteiger partial charge in [-0.2, -0.15) is 0 Å². The zero-order chi connectivity index (χ0) is 31.6. The highest BCUT2D eigenvalue weighted by molar-refractivity contribution is 5.93. The lowest BCUT2D eigenvalue weighted by Crippen LogP contribution is -2.48. The number of rotatable bonds is 8. The van der Waals surface area contributed by atoms with E-state index in [2.05, 4.69) is 10.6 Å². The molecule has 1 unspecified atom stereocenters. The molecule has 0 aromatic heterocycles. The van der Waals surface area contributed by atoms with Crippen molar-refractivity contribution >= 4 is 23.8 Å². The van der Waals surface area contributed by atoms with Gasteiger partial charge in [-0.1, -0.05) is 69.3 Å². The van der Waals surface area contributed by atoms with Crippen LogP contribution in [-0.4, -0.2) is 61.8 Å². The summed E-state index contributed by atoms with van der Waals surface area (Å²) in [7, 11) is 1.57. The lowest BCUT2D eigenvalue weighted by molar-refractivity contribution is -0.174. The van der Waals surface area contributed by atoms with E-state index in [-0.39, 0.29) is 56.3 Å². The Labute approximate surface area is 258 Å². The number of ether oxygens (including phenoxy) is 4. The summed E-state index contributed by atoms with van der Waals surface area (Å²) in [5.41, 5.74) is 1.85. The van der Waals surface area contributed by atoms with E-state index in [1.54, 1.807) is 25.3 Å². The van der Waals surface area contributed by atoms with Crippen LogP contribution in [0.2, 0.25) is 0 Å². The minimum absolute atomic E-state index is 0.0223. The van der Waals surface area contributed by atoms with Crippen molar-refractivity contribution in [1.82, 2.24) is 10.6 Å². The Balaban J connectivity index is 1.54. The Kier molecular flexibility index (Phi) is 11.5. The van der Waals surface area contributed by atoms with Crippen LogP contribution in [0, 0.1) is 11.8 Å². The molecule has 0 spiro atoms. The number of amides is 2. The minimum atomic E-state index is -1.10. The number of carbonyl (C=O) groups is 4. The molecule has 1 saturated heterocycles. The summed E-state index contributed by atoms with van der Waals surface area (Å²) in [6.07, 6.45) is 1.50. The van der Waals surface area contributed by atoms with Gasteiger partial charge in [0.15, 0.2) is 6.10 Å². The normalized spacial score (nSPS) is 26.5. The Morgan fingerprint density at radius 1 is 0.955 bits per heavy atom. The molecule has 2 aliphatic heterocycles. The highest BCUT2D eigenvalue weighted by atomic mass is 16.6. The Hall–Kier alpha value is -4.18. The Morgan fingerprint density at radius 3 is 2.36 bits per heavy atom. The predicted molar refractivity (Wildman–Crippen MR) is 162 cm³/mol. The standard InChI is InChI=1S/C34H42N2O8/c1-21(2)19-28-34(40)43-27(22(3)31-32(44-31)24-9-6-5-7-10-24)11-8-12-29(37)36-26(33(39)35-18-17-30(38)42-28)20-23-13-15-25(41-4)16-14-23/h5-10,12-16,21-22,26-28,31-32H,11,17-20H2,1-4H3,(H,35,39)(H,36,37)/b12-8+/t22-,26+,27-,28-,31+,32?/m0/s1. The number of hydrogen-bond acceptors (Lipinski definition) is 8. The molecule has 10 nitrogen and oxygen atoms in total. The lowest BCUT2D eigenvalue weighted by Gasteiger charge is -2.26. The molecule has 1 fully saturated rings. The van der Waals surface area contributed by atoms with E-state index in [4.69, 9.17) is 18.9 Å². The topological polar surface area (TPSA) is 133 Å². The summed E-state index contributed by atoms with van der Waals surface area (Å²) in [6, 6.07) is 16.1. The van der Waals surface area contributed by atoms with Gasteiger partial charge in [-0.25, -0.2) is 4.79 Å². The summed E-state index contributed by atoms with van der Waals surface area (Å²) in [5.74, 6) is -1.67. The highest BCUT2D eigenvalue weighted by Crippen LogP contribution is 2.45. The maximum atomic E-state index is 13.3. The minimum Gasteiger partial charge on any atom is -0.497 e. The van der Waals surface area contributed by atoms with Gasteiger partial charge in [-0.15, -0.1) is 0 Å². The molecule has 44 heavy (non-hydrogen) atoms. The molecule has 0 aliphatic carbocycles. The summed E-state index contributed by atoms with van der Waals surface area (Å²) < 4.78 is 22.7. The number of methoxy groups -OCH3 is 1. The summed E-state index contributed by atoms with van der Waals surface area (Å²) in [5, 5.41) is 5.47. The fourth-order valence-corrected chi connectivity index (χ4v) is 5.23. The van der Waals surface area contributed by atoms with Crippen LogP contribution in [0.4, 0.5) is 0 Å². The SMILES string of the molecule is COc1ccc(C[C@H]2NC(=O)/C=C/C[C@@H]([C@H](C)[C@H]3OC3c3ccccc3)OC(=O)[C@H](CC(C)C)OC(=O)CCNC2=O)cc1. The molecule has 2 amide bonds. The predicted octanol–water partition coefficient (Wildman–Crippen LogP) is 3.83. The molecular weight excluding hydrogens is 564 g/mol. The van der Waals surface area contributed by atoms with E-state index in [0.717, 1.165) is 11.1 Å². The van der Waals surface area contributed by atoms with Crippen molar-refractivity contribution in [3.8, 4) is 5.75 Å². The van der Waals surface area contributed by atoms with Crippen molar-refractivity contribution in [2.75, 3.05) is 13.7 Å². The number of carbonyl (C=O) groups excluding carboxylic acids is 4. The number of epoxide rings is 1. The van der Waals surface area contributed by atoms with Crippen LogP contribution in [-0.2, 0) is 39.8 Å². The van der Waals surface area contributed by atoms with E-state index in [9.17, 15) is 19.2 Å². The van der Waals surface area contributed by atoms with Gasteiger partial charge in [0.05, 0.1) is 19.6 Å². The van der Waals surface area contributed by atoms with Crippen LogP contribution >= 0.6 is 0 Å². The second-order valence-corrected chi connectivity index (χ2v) is 11.7. The van der Waals surface area contributed by atoms with Crippen molar-refractivity contribution in [3.05, 3.63) is 77.9 Å². The second kappa shape index (κ2) is 15.5. The molecule has 0 saturated carbocycles. The van der Waals surface area contributed by atoms with Crippen LogP contribution in [0.5, 0.6) is 5.75 Å². The molecule has 0 radical (unpaired) electrons. The second-order valence-electron chi connectivity index (χ2n) is 11.7. The Bertz CT molecular complexity index is 1310. The quantitative estimate of drug-likeness (QED) is 0.342. The van der Waals surface area contributed by atoms with Gasteiger partial charge in [0, 0.05) is 25.3 Å². The number of nitrogens with one attached hydrogen (secondary N) is 2. The van der Waals surface area contributed by atoms with Gasteiger partial charge in [0.1, 0.15) is 24.0 Å². The van der Waals surface area contributed by atoms with Crippen LogP contribution in [0.15, 0.2) is 66.7 Å². The van der Waals surface area contributed by atoms with Crippen LogP contribution in [0.1, 0.15) is 57.3 Å². The third kappa shape index (κ3) is 9.41. The highest BCUT2D eigenvalue weighted by Gasteiger charge is 2.47. The van der Waals surface area contributed by atoms with E-state index < -0.39 is 42.0 Å². The average Bonchev–Trinajstić information content (AvgIpc) is 3.81. The third-order valence-corrected chi connectivity index (χ3v) is 7.75. The molecule has 2 aromatic carbocycles. The van der Waals surface area contributed by atoms with E-state index >= 15 is 0 Å². The first-order valence-electron chi connectivity index (χ1n) is 15.1. The molecule has 236 valence electrons. The monoisotopic (exact) mass is 606 g/mol. The van der Waals surface area contributed by atoms with Crippen molar-refractivity contribution in [3.63, 3.8) is 0 Å². The van der Waals surface area contributed by atoms with Gasteiger partial charge >= 0.3 is 11.9 Å². The Morgan fingerprint density at radius 2 is 1.68 bits per heavy atom. The molecular formula is C34H42N2O8. The number of hydrogen-bond donors (Lipinski definition) is 2. The van der Waals surface area contributed by atoms with E-state index in [1.807, 2.05) is 63.2 Å². The van der Waals surface area contributed by atoms with Crippen LogP contribution < -0.4 is 15.4 Å². The number of cyclic esters (lactones) is 2. The summed E-state index contributed by atoms with van der Waals surface area (Å²) in [6.45, 7) is 5.77. The first kappa shape index (κ1) is 32.7. The fourth-order valence-electron chi connectivity index (χ4n) is 5.23. The molecule has 10 heteroatoms. The van der Waals surface area contributed by atoms with Gasteiger partial charge in [0.2, 0.25) is 11.8 Å². The number of benzene rings is 2. The van der Waals surface area contributed by atoms with Crippen LogP contribution in [0.3, 0.4) is 0 Å². The molecule has 2 N–H and O–H groups in total. The lowest BCUT2D eigenvalue weighted by atomic mass is 9.93. The van der Waals surface area contributed by atoms with Gasteiger partial charge in [-0.05, 0) is 41.7 Å². The molecule has 6 atom stereocenters. The summed E-state index contributed by atoms with van der Waals surface area (Å²) >= 11 is 0. The molecule has 0 bridgehead atoms. The van der Waals surface area contributed by atoms with Gasteiger partial charge in [-0.3, -0.25) is 14.4 Å². The number of esters is 2. The van der Waals surface area contributed by atoms with Gasteiger partial charge < -0.3 is 29.6 Å². The van der Waals surface area contributed by atoms with Crippen molar-refractivity contribution in [2.45, 2.75) is 76.9 Å². The fraction of sp³-hybridized carbons (Fsp3) is 0.471. The molecule has 4 rings (SSSR count). The van der Waals surface area contributed by atoms with Crippen LogP contribution in [0.25, 0.3) is 0 Å². The summed E-state index contributed by atoms with van der Waals surface area (Å²) in [4.78, 5) is 52.2. The average molecular weight is 607 g/mol. The zero-order valence-electron chi connectivity index (χ0n) is 25.7. The zero-order valence-corrected chi connectivity index (χ0v) is 25.7. The molecule has 2 aliphatic rings. The first-order chi connectivity index (χ1) is 21.1. The molecule has 2 heterocycles. The molecule has 2 aromatic rings. The maximum absolute atomic E-state index is 13.3. The van der Waals surface area contributed by atoms with Crippen molar-refractivity contribution < 1.29 is 38.1 Å². The first-order valence-corrected chi connectivity index (χ1v) is 15.1. The van der Waals surface area contributed by atoms with Crippen molar-refractivity contribution in [2.24, 2.45) is 11.8 Å². The van der Waals surface area contributed by atoms with Crippen molar-refractivity contribution in [1.29, 1.82) is 0 Å². The largest absolute Gasteiger partial charge is 0.497 e. The van der Waals surface area contributed by atoms with E-state index in [0.29, 0.717) is 5.75 Å². The smallest absolute Gasteiger partial charge is 0.347 e. The maximum Gasteiger partial charge on any atom is 0.347 e. The van der Waals surface area contributed by atoms with E-state index in [1.165, 1.54) is 6.08 Å². The van der Waals surface area contributed by atoms with Gasteiger partial charge in [0.25, 0.3) is 0 Å².